The lowest BCUT2D eigenvalue weighted by molar-refractivity contribution is -0.461. The third-order valence-electron chi connectivity index (χ3n) is 10.9. The van der Waals surface area contributed by atoms with Crippen molar-refractivity contribution in [1.82, 2.24) is 0 Å². The Balaban J connectivity index is 2.37. The highest BCUT2D eigenvalue weighted by molar-refractivity contribution is 6.76. The van der Waals surface area contributed by atoms with Gasteiger partial charge in [-0.2, -0.15) is 74.6 Å². The number of carbonyl (C=O) groups excluding carboxylic acids is 2. The minimum Gasteiger partial charge on any atom is -0.497 e. The Morgan fingerprint density at radius 3 is 1.61 bits per heavy atom. The fourth-order valence-corrected chi connectivity index (χ4v) is 11.3. The Morgan fingerprint density at radius 2 is 1.16 bits per heavy atom. The zero-order chi connectivity index (χ0) is 54.1. The molecule has 0 saturated heterocycles. The monoisotopic (exact) mass is 1060 g/mol. The molecule has 2 atom stereocenters. The van der Waals surface area contributed by atoms with E-state index in [4.69, 9.17) is 28.1 Å². The number of methoxy groups -OCH3 is 2. The van der Waals surface area contributed by atoms with Crippen LogP contribution in [0.25, 0.3) is 0 Å². The van der Waals surface area contributed by atoms with Crippen molar-refractivity contribution in [3.63, 3.8) is 0 Å². The molecule has 398 valence electrons. The molecule has 2 aromatic carbocycles. The molecule has 1 amide bonds. The number of amides is 1. The minimum absolute atomic E-state index is 0.0819. The number of halogens is 17. The Kier molecular flexibility index (Phi) is 20.3. The van der Waals surface area contributed by atoms with Crippen molar-refractivity contribution < 1.29 is 112 Å². The second-order valence-electron chi connectivity index (χ2n) is 16.0. The molecule has 2 aromatic rings. The number of esters is 1. The van der Waals surface area contributed by atoms with Crippen molar-refractivity contribution >= 4 is 26.1 Å². The number of anilines is 1. The summed E-state index contributed by atoms with van der Waals surface area (Å²) in [6.07, 6.45) is -9.52. The number of rotatable bonds is 26. The smallest absolute Gasteiger partial charge is 0.460 e. The number of benzene rings is 2. The lowest BCUT2D eigenvalue weighted by atomic mass is 9.88. The summed E-state index contributed by atoms with van der Waals surface area (Å²) in [4.78, 5) is 25.0. The molecule has 0 fully saturated rings. The van der Waals surface area contributed by atoms with Gasteiger partial charge in [0, 0.05) is 25.3 Å². The normalized spacial score (nSPS) is 15.0. The molecule has 70 heavy (non-hydrogen) atoms. The molecule has 2 rings (SSSR count). The van der Waals surface area contributed by atoms with Gasteiger partial charge in [-0.1, -0.05) is 52.0 Å². The van der Waals surface area contributed by atoms with Crippen LogP contribution in [0, 0.1) is 0 Å². The van der Waals surface area contributed by atoms with Crippen LogP contribution < -0.4 is 14.8 Å². The van der Waals surface area contributed by atoms with Gasteiger partial charge in [-0.25, -0.2) is 9.59 Å². The maximum atomic E-state index is 15.1. The zero-order valence-corrected chi connectivity index (χ0v) is 39.4. The van der Waals surface area contributed by atoms with Crippen molar-refractivity contribution in [1.29, 1.82) is 0 Å². The van der Waals surface area contributed by atoms with Crippen molar-refractivity contribution in [3.8, 4) is 11.5 Å². The number of allylic oxidation sites excluding steroid dienone is 2. The van der Waals surface area contributed by atoms with E-state index in [0.717, 1.165) is 6.08 Å². The van der Waals surface area contributed by atoms with Crippen LogP contribution in [0.15, 0.2) is 72.3 Å². The van der Waals surface area contributed by atoms with Crippen LogP contribution in [0.4, 0.5) is 85.1 Å². The molecule has 0 unspecified atom stereocenters. The van der Waals surface area contributed by atoms with E-state index in [1.807, 2.05) is 0 Å². The van der Waals surface area contributed by atoms with Crippen LogP contribution >= 0.6 is 0 Å². The second-order valence-corrected chi connectivity index (χ2v) is 21.0. The third-order valence-corrected chi connectivity index (χ3v) is 16.6. The molecule has 9 nitrogen and oxygen atoms in total. The van der Waals surface area contributed by atoms with Gasteiger partial charge in [-0.15, -0.1) is 0 Å². The van der Waals surface area contributed by atoms with E-state index in [1.165, 1.54) is 90.5 Å². The first-order valence-corrected chi connectivity index (χ1v) is 22.9. The summed E-state index contributed by atoms with van der Waals surface area (Å²) < 4.78 is 270. The third kappa shape index (κ3) is 12.8. The highest BCUT2D eigenvalue weighted by Gasteiger charge is 2.95. The van der Waals surface area contributed by atoms with Gasteiger partial charge in [0.2, 0.25) is 0 Å². The SMILES string of the molecule is CCOC(=O)/C=C/C=C(\C)[C@@H](OC)[C@H](OC(=O)Nc1ccc(OC)cc1)c1ccc(OCCO[Si](CCC(F)(F)C(F)(F)C(F)(F)C(F)(F)C(F)(F)C(F)(F)C(F)(F)C(F)(F)F)(C(C)C)C(C)C)cc1. The Morgan fingerprint density at radius 1 is 0.671 bits per heavy atom. The van der Waals surface area contributed by atoms with Crippen LogP contribution in [-0.2, 0) is 23.4 Å². The Hall–Kier alpha value is -4.79. The highest BCUT2D eigenvalue weighted by atomic mass is 28.4. The van der Waals surface area contributed by atoms with Gasteiger partial charge in [-0.05, 0) is 78.5 Å². The van der Waals surface area contributed by atoms with Crippen molar-refractivity contribution in [2.24, 2.45) is 0 Å². The van der Waals surface area contributed by atoms with E-state index in [-0.39, 0.29) is 12.4 Å². The van der Waals surface area contributed by atoms with Gasteiger partial charge in [-0.3, -0.25) is 5.32 Å². The number of alkyl halides is 17. The van der Waals surface area contributed by atoms with Gasteiger partial charge in [0.1, 0.15) is 24.2 Å². The summed E-state index contributed by atoms with van der Waals surface area (Å²) in [6.45, 7) is 7.58. The molecule has 1 N–H and O–H groups in total. The van der Waals surface area contributed by atoms with Crippen molar-refractivity contribution in [2.45, 2.75) is 125 Å². The molecular weight excluding hydrogens is 1010 g/mol. The summed E-state index contributed by atoms with van der Waals surface area (Å²) in [5.41, 5.74) is -0.722. The zero-order valence-electron chi connectivity index (χ0n) is 38.4. The second kappa shape index (κ2) is 23.2. The Bertz CT molecular complexity index is 2070. The lowest BCUT2D eigenvalue weighted by Gasteiger charge is -2.44. The number of nitrogens with one attached hydrogen (secondary N) is 1. The summed E-state index contributed by atoms with van der Waals surface area (Å²) in [5.74, 6) is -57.0. The van der Waals surface area contributed by atoms with E-state index in [9.17, 15) is 75.4 Å². The maximum Gasteiger partial charge on any atom is 0.460 e. The van der Waals surface area contributed by atoms with Gasteiger partial charge >= 0.3 is 59.7 Å². The predicted molar refractivity (Wildman–Crippen MR) is 220 cm³/mol. The van der Waals surface area contributed by atoms with Crippen LogP contribution in [0.2, 0.25) is 17.1 Å². The summed E-state index contributed by atoms with van der Waals surface area (Å²) in [7, 11) is -1.29. The van der Waals surface area contributed by atoms with Crippen LogP contribution in [-0.4, -0.2) is 108 Å². The highest BCUT2D eigenvalue weighted by Crippen LogP contribution is 2.64. The molecule has 0 spiro atoms. The number of ether oxygens (including phenoxy) is 5. The quantitative estimate of drug-likeness (QED) is 0.0248. The van der Waals surface area contributed by atoms with E-state index in [1.54, 1.807) is 26.0 Å². The standard InChI is InChI=1S/C43H50F17NO8Si/c1-9-66-32(62)12-10-11-27(6)33(65-8)34(69-35(63)61-29-15-19-30(64-7)20-16-29)28-13-17-31(18-14-28)67-22-23-68-70(25(2)3,26(4)5)24-21-36(44,45)37(46,47)38(48,49)39(50,51)40(52,53)41(54,55)42(56,57)43(58,59)60/h10-20,25-26,33-34H,9,21-24H2,1-8H3,(H,61,63)/b12-10+,27-11+/t33-,34-/m1/s1. The summed E-state index contributed by atoms with van der Waals surface area (Å²) >= 11 is 0. The number of carbonyl (C=O) groups is 2. The molecule has 0 saturated carbocycles. The van der Waals surface area contributed by atoms with Crippen LogP contribution in [0.3, 0.4) is 0 Å². The fourth-order valence-electron chi connectivity index (χ4n) is 6.85. The van der Waals surface area contributed by atoms with Crippen LogP contribution in [0.1, 0.15) is 59.6 Å². The first-order valence-electron chi connectivity index (χ1n) is 20.6. The lowest BCUT2D eigenvalue weighted by Crippen LogP contribution is -2.74. The molecule has 0 aliphatic rings. The average molecular weight is 1060 g/mol. The van der Waals surface area contributed by atoms with Crippen molar-refractivity contribution in [3.05, 3.63) is 77.9 Å². The van der Waals surface area contributed by atoms with Gasteiger partial charge in [0.25, 0.3) is 0 Å². The van der Waals surface area contributed by atoms with E-state index >= 15 is 8.78 Å². The first kappa shape index (κ1) is 61.3. The molecule has 0 aliphatic heterocycles. The molecule has 0 aliphatic carbocycles. The van der Waals surface area contributed by atoms with E-state index in [0.29, 0.717) is 22.6 Å². The number of hydrogen-bond acceptors (Lipinski definition) is 8. The topological polar surface area (TPSA) is 102 Å². The first-order chi connectivity index (χ1) is 31.9. The minimum atomic E-state index is -8.71. The summed E-state index contributed by atoms with van der Waals surface area (Å²) in [6, 6.07) is 10.5. The predicted octanol–water partition coefficient (Wildman–Crippen LogP) is 13.6. The van der Waals surface area contributed by atoms with Crippen LogP contribution in [0.5, 0.6) is 11.5 Å². The summed E-state index contributed by atoms with van der Waals surface area (Å²) in [5, 5.41) is 2.56. The molecule has 0 aromatic heterocycles. The van der Waals surface area contributed by atoms with E-state index in [2.05, 4.69) is 5.32 Å². The van der Waals surface area contributed by atoms with E-state index < -0.39 is 117 Å². The molecule has 0 heterocycles. The molecular formula is C43H50F17NO8Si. The molecule has 0 radical (unpaired) electrons. The maximum absolute atomic E-state index is 15.1. The van der Waals surface area contributed by atoms with Crippen molar-refractivity contribution in [2.75, 3.05) is 39.4 Å². The largest absolute Gasteiger partial charge is 0.497 e. The molecule has 27 heteroatoms. The number of hydrogen-bond donors (Lipinski definition) is 1. The van der Waals surface area contributed by atoms with Gasteiger partial charge in [0.15, 0.2) is 14.4 Å². The van der Waals surface area contributed by atoms with Gasteiger partial charge < -0.3 is 28.1 Å². The van der Waals surface area contributed by atoms with Gasteiger partial charge in [0.05, 0.1) is 20.3 Å². The fraction of sp³-hybridized carbons (Fsp3) is 0.581. The average Bonchev–Trinajstić information content (AvgIpc) is 3.25. The Labute approximate surface area is 391 Å². The molecule has 0 bridgehead atoms.